The highest BCUT2D eigenvalue weighted by Crippen LogP contribution is 2.26. The second-order valence-electron chi connectivity index (χ2n) is 4.74. The van der Waals surface area contributed by atoms with Crippen LogP contribution in [0.15, 0.2) is 69.9 Å². The summed E-state index contributed by atoms with van der Waals surface area (Å²) >= 11 is 6.24. The maximum Gasteiger partial charge on any atom is 0.258 e. The molecular weight excluding hydrogens is 288 g/mol. The van der Waals surface area contributed by atoms with Crippen molar-refractivity contribution in [1.29, 1.82) is 0 Å². The molecule has 1 unspecified atom stereocenters. The first-order valence-electron chi connectivity index (χ1n) is 6.53. The molecule has 1 aromatic rings. The Balaban J connectivity index is 2.61. The minimum Gasteiger partial charge on any atom is -0.283 e. The van der Waals surface area contributed by atoms with Crippen molar-refractivity contribution >= 4 is 17.3 Å². The summed E-state index contributed by atoms with van der Waals surface area (Å²) in [6.45, 7) is 5.48. The molecule has 0 amide bonds. The number of allylic oxidation sites excluding steroid dienone is 6. The van der Waals surface area contributed by atoms with E-state index < -0.39 is 0 Å². The Hall–Kier alpha value is -2.20. The van der Waals surface area contributed by atoms with Gasteiger partial charge in [-0.25, -0.2) is 0 Å². The van der Waals surface area contributed by atoms with Crippen LogP contribution in [0.5, 0.6) is 0 Å². The molecule has 1 aliphatic rings. The number of nitroso groups, excluding NO2 is 1. The molecule has 0 spiro atoms. The van der Waals surface area contributed by atoms with E-state index in [9.17, 15) is 9.70 Å². The normalized spacial score (nSPS) is 18.2. The van der Waals surface area contributed by atoms with Gasteiger partial charge in [0.05, 0.1) is 16.4 Å². The Bertz CT molecular complexity index is 726. The molecule has 0 saturated carbocycles. The van der Waals surface area contributed by atoms with Crippen LogP contribution in [-0.4, -0.2) is 4.57 Å². The lowest BCUT2D eigenvalue weighted by Crippen LogP contribution is -2.21. The standard InChI is InChI=1S/C16H15ClN2O2/c1-3-5-12-6-4-9-19(16(12)20)15-8-7-11(2)14(18-21)10-13(15)17/h3-4,6-11H,1,5H2,2H3. The lowest BCUT2D eigenvalue weighted by Gasteiger charge is -2.09. The van der Waals surface area contributed by atoms with Crippen molar-refractivity contribution in [3.63, 3.8) is 0 Å². The van der Waals surface area contributed by atoms with Crippen LogP contribution < -0.4 is 5.56 Å². The van der Waals surface area contributed by atoms with Crippen molar-refractivity contribution in [1.82, 2.24) is 4.57 Å². The van der Waals surface area contributed by atoms with Gasteiger partial charge in [-0.15, -0.1) is 11.5 Å². The van der Waals surface area contributed by atoms with Crippen LogP contribution in [0.25, 0.3) is 5.70 Å². The third-order valence-corrected chi connectivity index (χ3v) is 3.59. The van der Waals surface area contributed by atoms with Gasteiger partial charge in [0.25, 0.3) is 5.56 Å². The van der Waals surface area contributed by atoms with Gasteiger partial charge < -0.3 is 0 Å². The zero-order valence-electron chi connectivity index (χ0n) is 11.6. The first-order chi connectivity index (χ1) is 10.1. The molecule has 0 saturated heterocycles. The smallest absolute Gasteiger partial charge is 0.258 e. The van der Waals surface area contributed by atoms with Crippen molar-refractivity contribution in [3.05, 3.63) is 80.8 Å². The molecule has 0 radical (unpaired) electrons. The topological polar surface area (TPSA) is 51.4 Å². The highest BCUT2D eigenvalue weighted by molar-refractivity contribution is 6.34. The molecule has 1 aliphatic carbocycles. The van der Waals surface area contributed by atoms with Crippen molar-refractivity contribution in [2.45, 2.75) is 13.3 Å². The van der Waals surface area contributed by atoms with Gasteiger partial charge in [0.15, 0.2) is 0 Å². The number of pyridine rings is 1. The summed E-state index contributed by atoms with van der Waals surface area (Å²) < 4.78 is 1.47. The summed E-state index contributed by atoms with van der Waals surface area (Å²) in [5.41, 5.74) is 1.34. The number of aromatic nitrogens is 1. The Morgan fingerprint density at radius 1 is 1.52 bits per heavy atom. The zero-order valence-corrected chi connectivity index (χ0v) is 12.4. The van der Waals surface area contributed by atoms with E-state index >= 15 is 0 Å². The number of nitrogens with zero attached hydrogens (tertiary/aromatic N) is 2. The minimum absolute atomic E-state index is 0.152. The second-order valence-corrected chi connectivity index (χ2v) is 5.15. The number of hydrogen-bond donors (Lipinski definition) is 0. The van der Waals surface area contributed by atoms with E-state index in [1.54, 1.807) is 36.6 Å². The van der Waals surface area contributed by atoms with Gasteiger partial charge in [0.2, 0.25) is 0 Å². The van der Waals surface area contributed by atoms with E-state index in [4.69, 9.17) is 11.6 Å². The molecule has 0 aliphatic heterocycles. The van der Waals surface area contributed by atoms with E-state index in [1.165, 1.54) is 10.6 Å². The van der Waals surface area contributed by atoms with Crippen LogP contribution in [0.2, 0.25) is 0 Å². The van der Waals surface area contributed by atoms with Crippen LogP contribution in [0, 0.1) is 10.8 Å². The van der Waals surface area contributed by atoms with Gasteiger partial charge in [-0.05, 0) is 29.8 Å². The molecule has 1 aromatic heterocycles. The molecule has 1 heterocycles. The number of halogens is 1. The lowest BCUT2D eigenvalue weighted by atomic mass is 10.1. The zero-order chi connectivity index (χ0) is 15.4. The fourth-order valence-electron chi connectivity index (χ4n) is 2.09. The summed E-state index contributed by atoms with van der Waals surface area (Å²) in [4.78, 5) is 23.2. The Morgan fingerprint density at radius 3 is 2.95 bits per heavy atom. The average Bonchev–Trinajstić information content (AvgIpc) is 2.61. The molecule has 0 bridgehead atoms. The SMILES string of the molecule is C=CCc1cccn(C2=C(Cl)C=C(N=O)C(C)C=C2)c1=O. The third kappa shape index (κ3) is 3.11. The molecule has 0 fully saturated rings. The largest absolute Gasteiger partial charge is 0.283 e. The van der Waals surface area contributed by atoms with E-state index in [0.717, 1.165) is 0 Å². The van der Waals surface area contributed by atoms with Gasteiger partial charge in [-0.3, -0.25) is 9.36 Å². The van der Waals surface area contributed by atoms with Crippen molar-refractivity contribution in [2.75, 3.05) is 0 Å². The predicted octanol–water partition coefficient (Wildman–Crippen LogP) is 3.84. The van der Waals surface area contributed by atoms with Crippen molar-refractivity contribution in [3.8, 4) is 0 Å². The van der Waals surface area contributed by atoms with Gasteiger partial charge in [-0.1, -0.05) is 36.7 Å². The van der Waals surface area contributed by atoms with Gasteiger partial charge in [0.1, 0.15) is 0 Å². The molecular formula is C16H15ClN2O2. The molecule has 2 rings (SSSR count). The molecule has 0 N–H and O–H groups in total. The van der Waals surface area contributed by atoms with Crippen molar-refractivity contribution in [2.24, 2.45) is 11.1 Å². The summed E-state index contributed by atoms with van der Waals surface area (Å²) in [5.74, 6) is -0.152. The first-order valence-corrected chi connectivity index (χ1v) is 6.91. The summed E-state index contributed by atoms with van der Waals surface area (Å²) in [6, 6.07) is 3.54. The molecule has 108 valence electrons. The fraction of sp³-hybridized carbons (Fsp3) is 0.188. The highest BCUT2D eigenvalue weighted by atomic mass is 35.5. The minimum atomic E-state index is -0.154. The van der Waals surface area contributed by atoms with Gasteiger partial charge in [0, 0.05) is 17.7 Å². The Morgan fingerprint density at radius 2 is 2.29 bits per heavy atom. The molecule has 5 heteroatoms. The summed E-state index contributed by atoms with van der Waals surface area (Å²) in [5, 5.41) is 3.29. The van der Waals surface area contributed by atoms with Crippen molar-refractivity contribution < 1.29 is 0 Å². The molecule has 4 nitrogen and oxygen atoms in total. The van der Waals surface area contributed by atoms with Gasteiger partial charge in [-0.2, -0.15) is 0 Å². The van der Waals surface area contributed by atoms with Crippen LogP contribution in [0.3, 0.4) is 0 Å². The third-order valence-electron chi connectivity index (χ3n) is 3.28. The highest BCUT2D eigenvalue weighted by Gasteiger charge is 2.15. The lowest BCUT2D eigenvalue weighted by molar-refractivity contribution is 0.846. The van der Waals surface area contributed by atoms with Gasteiger partial charge >= 0.3 is 0 Å². The van der Waals surface area contributed by atoms with Crippen LogP contribution in [0.1, 0.15) is 12.5 Å². The number of rotatable bonds is 4. The monoisotopic (exact) mass is 302 g/mol. The predicted molar refractivity (Wildman–Crippen MR) is 85.9 cm³/mol. The van der Waals surface area contributed by atoms with E-state index in [1.807, 2.05) is 6.92 Å². The van der Waals surface area contributed by atoms with Crippen LogP contribution >= 0.6 is 11.6 Å². The molecule has 1 atom stereocenters. The quantitative estimate of drug-likeness (QED) is 0.627. The molecule has 21 heavy (non-hydrogen) atoms. The van der Waals surface area contributed by atoms with E-state index in [2.05, 4.69) is 11.8 Å². The first kappa shape index (κ1) is 15.2. The number of hydrogen-bond acceptors (Lipinski definition) is 3. The maximum atomic E-state index is 12.4. The Kier molecular flexibility index (Phi) is 4.70. The second kappa shape index (κ2) is 6.50. The summed E-state index contributed by atoms with van der Waals surface area (Å²) in [6.07, 6.45) is 8.85. The van der Waals surface area contributed by atoms with E-state index in [0.29, 0.717) is 28.4 Å². The fourth-order valence-corrected chi connectivity index (χ4v) is 2.36. The van der Waals surface area contributed by atoms with E-state index in [-0.39, 0.29) is 11.5 Å². The molecule has 0 aromatic carbocycles. The average molecular weight is 303 g/mol. The van der Waals surface area contributed by atoms with Crippen LogP contribution in [0.4, 0.5) is 0 Å². The van der Waals surface area contributed by atoms with Crippen LogP contribution in [-0.2, 0) is 6.42 Å². The summed E-state index contributed by atoms with van der Waals surface area (Å²) in [7, 11) is 0. The maximum absolute atomic E-state index is 12.4. The Labute approximate surface area is 127 Å².